The first-order chi connectivity index (χ1) is 32.8. The molecule has 3 aromatic carbocycles. The molecule has 18 nitrogen and oxygen atoms in total. The summed E-state index contributed by atoms with van der Waals surface area (Å²) in [5, 5.41) is 35.3. The van der Waals surface area contributed by atoms with Gasteiger partial charge in [0, 0.05) is 76.7 Å². The molecular formula is C51H48N6O12Sm. The number of aromatic nitrogens is 3. The standard InChI is InChI=1S/3C17H16N2O4.Sm/c3*1-3-18-16(21)14-8-13(9-15(19-14)17(22)23)12-6-4-11(5-7-12)10(2)20;/h3*4-9H,3H2,1-2H3,(H,18,21)(H,22,23);. The van der Waals surface area contributed by atoms with Gasteiger partial charge >= 0.3 is 17.9 Å². The molecule has 360 valence electrons. The van der Waals surface area contributed by atoms with E-state index in [1.165, 1.54) is 57.2 Å². The average molecular weight is 1090 g/mol. The molecule has 0 aliphatic carbocycles. The van der Waals surface area contributed by atoms with Crippen LogP contribution in [0.3, 0.4) is 0 Å². The minimum absolute atomic E-state index is 0. The average Bonchev–Trinajstić information content (AvgIpc) is 3.34. The van der Waals surface area contributed by atoms with Gasteiger partial charge in [0.2, 0.25) is 0 Å². The monoisotopic (exact) mass is 1090 g/mol. The summed E-state index contributed by atoms with van der Waals surface area (Å²) in [5.74, 6) is -5.10. The summed E-state index contributed by atoms with van der Waals surface area (Å²) in [7, 11) is 0. The second kappa shape index (κ2) is 26.7. The van der Waals surface area contributed by atoms with E-state index in [0.29, 0.717) is 69.7 Å². The van der Waals surface area contributed by atoms with Gasteiger partial charge in [-0.25, -0.2) is 29.3 Å². The number of carboxylic acids is 3. The molecule has 19 heteroatoms. The number of ketones is 3. The van der Waals surface area contributed by atoms with Crippen LogP contribution in [0.1, 0.15) is 136 Å². The molecule has 6 aromatic rings. The van der Waals surface area contributed by atoms with Gasteiger partial charge in [0.15, 0.2) is 17.3 Å². The summed E-state index contributed by atoms with van der Waals surface area (Å²) in [6.07, 6.45) is 0. The number of Topliss-reactive ketones (excluding diaryl/α,β-unsaturated/α-hetero) is 3. The SMILES string of the molecule is CCNC(=O)c1cc(-c2ccc(C(C)=O)cc2)cc(C(=O)O)n1.CCNC(=O)c1cc(-c2ccc(C(C)=O)cc2)cc(C(=O)O)n1.CCNC(=O)c1cc(-c2ccc(C(C)=O)cc2)cc(C(=O)O)n1.[Sm]. The van der Waals surface area contributed by atoms with E-state index in [-0.39, 0.29) is 91.9 Å². The van der Waals surface area contributed by atoms with Crippen molar-refractivity contribution in [1.82, 2.24) is 30.9 Å². The van der Waals surface area contributed by atoms with E-state index in [9.17, 15) is 58.5 Å². The summed E-state index contributed by atoms with van der Waals surface area (Å²) in [4.78, 5) is 115. The Balaban J connectivity index is 0.000000276. The van der Waals surface area contributed by atoms with E-state index in [0.717, 1.165) is 0 Å². The third kappa shape index (κ3) is 15.9. The Morgan fingerprint density at radius 3 is 0.729 bits per heavy atom. The molecule has 6 rings (SSSR count). The van der Waals surface area contributed by atoms with Gasteiger partial charge in [-0.3, -0.25) is 28.8 Å². The molecule has 70 heavy (non-hydrogen) atoms. The van der Waals surface area contributed by atoms with E-state index >= 15 is 0 Å². The van der Waals surface area contributed by atoms with Gasteiger partial charge in [-0.2, -0.15) is 0 Å². The Bertz CT molecular complexity index is 2620. The molecular weight excluding hydrogens is 1040 g/mol. The number of pyridine rings is 3. The zero-order chi connectivity index (χ0) is 50.9. The molecule has 0 saturated carbocycles. The first kappa shape index (κ1) is 56.6. The molecule has 0 atom stereocenters. The zero-order valence-corrected chi connectivity index (χ0v) is 41.4. The van der Waals surface area contributed by atoms with E-state index < -0.39 is 35.6 Å². The summed E-state index contributed by atoms with van der Waals surface area (Å²) >= 11 is 0. The van der Waals surface area contributed by atoms with Gasteiger partial charge in [-0.15, -0.1) is 0 Å². The molecule has 0 bridgehead atoms. The molecule has 0 fully saturated rings. The third-order valence-corrected chi connectivity index (χ3v) is 9.72. The van der Waals surface area contributed by atoms with Crippen molar-refractivity contribution in [1.29, 1.82) is 0 Å². The first-order valence-corrected chi connectivity index (χ1v) is 21.2. The number of nitrogens with zero attached hydrogens (tertiary/aromatic N) is 3. The number of aromatic carboxylic acids is 3. The first-order valence-electron chi connectivity index (χ1n) is 21.2. The Labute approximate surface area is 434 Å². The molecule has 6 N–H and O–H groups in total. The van der Waals surface area contributed by atoms with Gasteiger partial charge in [0.1, 0.15) is 34.2 Å². The number of carbonyl (C=O) groups is 9. The van der Waals surface area contributed by atoms with Crippen LogP contribution >= 0.6 is 0 Å². The van der Waals surface area contributed by atoms with Crippen LogP contribution in [0.25, 0.3) is 33.4 Å². The number of hydrogen-bond donors (Lipinski definition) is 6. The van der Waals surface area contributed by atoms with E-state index in [4.69, 9.17) is 0 Å². The van der Waals surface area contributed by atoms with Crippen molar-refractivity contribution in [2.45, 2.75) is 41.5 Å². The van der Waals surface area contributed by atoms with E-state index in [2.05, 4.69) is 30.9 Å². The van der Waals surface area contributed by atoms with Crippen LogP contribution in [0.5, 0.6) is 0 Å². The molecule has 0 aliphatic heterocycles. The number of rotatable bonds is 15. The van der Waals surface area contributed by atoms with E-state index in [1.807, 2.05) is 0 Å². The van der Waals surface area contributed by atoms with Crippen molar-refractivity contribution in [3.8, 4) is 33.4 Å². The number of hydrogen-bond acceptors (Lipinski definition) is 12. The second-order valence-corrected chi connectivity index (χ2v) is 14.8. The van der Waals surface area contributed by atoms with Gasteiger partial charge in [-0.1, -0.05) is 72.8 Å². The zero-order valence-electron chi connectivity index (χ0n) is 38.8. The predicted molar refractivity (Wildman–Crippen MR) is 254 cm³/mol. The fourth-order valence-corrected chi connectivity index (χ4v) is 6.21. The van der Waals surface area contributed by atoms with Gasteiger partial charge in [-0.05, 0) is 111 Å². The molecule has 0 saturated heterocycles. The van der Waals surface area contributed by atoms with Crippen LogP contribution in [0.2, 0.25) is 0 Å². The van der Waals surface area contributed by atoms with Crippen LogP contribution in [0.15, 0.2) is 109 Å². The molecule has 0 unspecified atom stereocenters. The minimum atomic E-state index is -1.21. The summed E-state index contributed by atoms with van der Waals surface area (Å²) in [6, 6.07) is 29.0. The largest absolute Gasteiger partial charge is 0.477 e. The van der Waals surface area contributed by atoms with Crippen molar-refractivity contribution < 1.29 is 98.9 Å². The summed E-state index contributed by atoms with van der Waals surface area (Å²) in [5.41, 5.74) is 4.92. The molecule has 0 radical (unpaired) electrons. The predicted octanol–water partition coefficient (Wildman–Crippen LogP) is 7.20. The summed E-state index contributed by atoms with van der Waals surface area (Å²) < 4.78 is 0. The molecule has 3 heterocycles. The maximum absolute atomic E-state index is 11.9. The Morgan fingerprint density at radius 1 is 0.357 bits per heavy atom. The Kier molecular flexibility index (Phi) is 21.6. The fourth-order valence-electron chi connectivity index (χ4n) is 6.21. The number of carboxylic acid groups (broad SMARTS) is 3. The van der Waals surface area contributed by atoms with Crippen molar-refractivity contribution in [2.24, 2.45) is 0 Å². The van der Waals surface area contributed by atoms with E-state index in [1.54, 1.807) is 93.6 Å². The summed E-state index contributed by atoms with van der Waals surface area (Å²) in [6.45, 7) is 11.0. The van der Waals surface area contributed by atoms with Crippen molar-refractivity contribution in [2.75, 3.05) is 19.6 Å². The number of nitrogens with one attached hydrogen (secondary N) is 3. The Morgan fingerprint density at radius 2 is 0.557 bits per heavy atom. The van der Waals surface area contributed by atoms with Gasteiger partial charge in [0.05, 0.1) is 0 Å². The number of carbonyl (C=O) groups excluding carboxylic acids is 6. The molecule has 3 aromatic heterocycles. The van der Waals surface area contributed by atoms with Crippen molar-refractivity contribution >= 4 is 53.0 Å². The Hall–Kier alpha value is -7.72. The second-order valence-electron chi connectivity index (χ2n) is 14.8. The smallest absolute Gasteiger partial charge is 0.354 e. The molecule has 0 aliphatic rings. The van der Waals surface area contributed by atoms with Gasteiger partial charge < -0.3 is 31.3 Å². The van der Waals surface area contributed by atoms with Gasteiger partial charge in [0.25, 0.3) is 17.7 Å². The topological polar surface area (TPSA) is 289 Å². The number of benzene rings is 3. The maximum atomic E-state index is 11.9. The van der Waals surface area contributed by atoms with Crippen LogP contribution < -0.4 is 16.0 Å². The normalized spacial score (nSPS) is 10.0. The molecule has 3 amide bonds. The fraction of sp³-hybridized carbons (Fsp3) is 0.176. The van der Waals surface area contributed by atoms with Crippen LogP contribution in [-0.2, 0) is 0 Å². The van der Waals surface area contributed by atoms with Crippen LogP contribution in [-0.4, -0.2) is 103 Å². The number of amides is 3. The van der Waals surface area contributed by atoms with Crippen LogP contribution in [0.4, 0.5) is 0 Å². The van der Waals surface area contributed by atoms with Crippen LogP contribution in [0, 0.1) is 40.4 Å². The maximum Gasteiger partial charge on any atom is 0.354 e. The van der Waals surface area contributed by atoms with Crippen molar-refractivity contribution in [3.63, 3.8) is 0 Å². The quantitative estimate of drug-likeness (QED) is 0.0555. The van der Waals surface area contributed by atoms with Crippen molar-refractivity contribution in [3.05, 3.63) is 160 Å². The molecule has 0 spiro atoms. The minimum Gasteiger partial charge on any atom is -0.477 e. The third-order valence-electron chi connectivity index (χ3n) is 9.72.